The molecule has 1 aliphatic rings. The van der Waals surface area contributed by atoms with Crippen molar-refractivity contribution in [3.05, 3.63) is 40.3 Å². The zero-order valence-corrected chi connectivity index (χ0v) is 35.8. The van der Waals surface area contributed by atoms with Gasteiger partial charge < -0.3 is 44.2 Å². The van der Waals surface area contributed by atoms with E-state index in [0.29, 0.717) is 87.4 Å². The molecule has 0 amide bonds. The van der Waals surface area contributed by atoms with E-state index in [2.05, 4.69) is 30.7 Å². The fourth-order valence-corrected chi connectivity index (χ4v) is 7.72. The lowest BCUT2D eigenvalue weighted by Gasteiger charge is -2.33. The molecule has 60 heavy (non-hydrogen) atoms. The SMILES string of the molecule is CCCOc1ccc(S(=O)(=O)N2CCN(CCOC(=O)CCOC[C@H](C)CC)CC2)cc1-c1nc2c(CCC)cn(CC)c2c(=O)[nH]1.O=C(O)CC(O)(CC(=O)O)C(=O)O. The minimum absolute atomic E-state index is 0.108. The number of carboxylic acids is 3. The molecule has 0 aliphatic carbocycles. The van der Waals surface area contributed by atoms with Crippen molar-refractivity contribution >= 4 is 44.9 Å². The molecule has 2 aromatic heterocycles. The summed E-state index contributed by atoms with van der Waals surface area (Å²) in [5.41, 5.74) is -0.471. The zero-order chi connectivity index (χ0) is 44.6. The van der Waals surface area contributed by atoms with Crippen molar-refractivity contribution < 1.29 is 62.2 Å². The first-order chi connectivity index (χ1) is 28.4. The van der Waals surface area contributed by atoms with Crippen LogP contribution in [0.25, 0.3) is 22.4 Å². The van der Waals surface area contributed by atoms with Crippen LogP contribution >= 0.6 is 0 Å². The van der Waals surface area contributed by atoms with Gasteiger partial charge in [-0.05, 0) is 49.4 Å². The first-order valence-electron chi connectivity index (χ1n) is 20.1. The summed E-state index contributed by atoms with van der Waals surface area (Å²) < 4.78 is 47.9. The van der Waals surface area contributed by atoms with E-state index in [4.69, 9.17) is 39.6 Å². The number of hydrogen-bond donors (Lipinski definition) is 5. The minimum atomic E-state index is -3.85. The Bertz CT molecular complexity index is 2080. The number of carbonyl (C=O) groups excluding carboxylic acids is 1. The fourth-order valence-electron chi connectivity index (χ4n) is 6.27. The van der Waals surface area contributed by atoms with Crippen LogP contribution in [-0.2, 0) is 51.6 Å². The molecule has 0 spiro atoms. The molecule has 0 unspecified atom stereocenters. The van der Waals surface area contributed by atoms with Crippen molar-refractivity contribution in [2.45, 2.75) is 96.6 Å². The van der Waals surface area contributed by atoms with Crippen LogP contribution < -0.4 is 10.3 Å². The highest BCUT2D eigenvalue weighted by Crippen LogP contribution is 2.33. The molecule has 1 saturated heterocycles. The fraction of sp³-hybridized carbons (Fsp3) is 0.600. The molecule has 4 rings (SSSR count). The molecule has 3 aromatic rings. The summed E-state index contributed by atoms with van der Waals surface area (Å²) in [5, 5.41) is 33.8. The average Bonchev–Trinajstić information content (AvgIpc) is 3.56. The lowest BCUT2D eigenvalue weighted by atomic mass is 9.96. The molecule has 1 fully saturated rings. The Morgan fingerprint density at radius 1 is 0.950 bits per heavy atom. The van der Waals surface area contributed by atoms with E-state index in [1.807, 2.05) is 24.6 Å². The van der Waals surface area contributed by atoms with E-state index in [9.17, 15) is 32.4 Å². The molecule has 20 heteroatoms. The van der Waals surface area contributed by atoms with Gasteiger partial charge in [0.05, 0.1) is 48.5 Å². The topological polar surface area (TPSA) is 268 Å². The summed E-state index contributed by atoms with van der Waals surface area (Å²) in [5.74, 6) is -4.11. The average molecular weight is 866 g/mol. The van der Waals surface area contributed by atoms with Crippen LogP contribution in [-0.4, -0.2) is 141 Å². The van der Waals surface area contributed by atoms with Crippen LogP contribution in [0, 0.1) is 5.92 Å². The normalized spacial score (nSPS) is 14.3. The summed E-state index contributed by atoms with van der Waals surface area (Å²) in [7, 11) is -3.85. The van der Waals surface area contributed by atoms with Crippen LogP contribution in [0.5, 0.6) is 5.75 Å². The number of nitrogens with zero attached hydrogens (tertiary/aromatic N) is 4. The number of carbonyl (C=O) groups is 4. The molecule has 5 N–H and O–H groups in total. The number of esters is 1. The molecule has 0 radical (unpaired) electrons. The highest BCUT2D eigenvalue weighted by molar-refractivity contribution is 7.89. The Labute approximate surface area is 349 Å². The number of piperazine rings is 1. The second-order valence-corrected chi connectivity index (χ2v) is 16.5. The third-order valence-corrected chi connectivity index (χ3v) is 11.7. The van der Waals surface area contributed by atoms with Crippen molar-refractivity contribution in [1.29, 1.82) is 0 Å². The molecule has 0 bridgehead atoms. The summed E-state index contributed by atoms with van der Waals surface area (Å²) >= 11 is 0. The van der Waals surface area contributed by atoms with Gasteiger partial charge in [-0.1, -0.05) is 40.5 Å². The van der Waals surface area contributed by atoms with Gasteiger partial charge in [0.25, 0.3) is 5.56 Å². The molecule has 1 aliphatic heterocycles. The third-order valence-electron chi connectivity index (χ3n) is 9.80. The van der Waals surface area contributed by atoms with Crippen LogP contribution in [0.4, 0.5) is 0 Å². The van der Waals surface area contributed by atoms with Crippen LogP contribution in [0.1, 0.15) is 78.7 Å². The van der Waals surface area contributed by atoms with Crippen LogP contribution in [0.15, 0.2) is 34.1 Å². The van der Waals surface area contributed by atoms with Gasteiger partial charge in [0, 0.05) is 52.1 Å². The number of aliphatic hydroxyl groups is 1. The number of aromatic amines is 1. The quantitative estimate of drug-likeness (QED) is 0.0677. The van der Waals surface area contributed by atoms with Crippen molar-refractivity contribution in [2.24, 2.45) is 5.92 Å². The maximum absolute atomic E-state index is 13.8. The maximum atomic E-state index is 13.8. The van der Waals surface area contributed by atoms with Crippen LogP contribution in [0.2, 0.25) is 0 Å². The summed E-state index contributed by atoms with van der Waals surface area (Å²) in [6.45, 7) is 14.7. The first kappa shape index (κ1) is 49.5. The number of benzene rings is 1. The number of carboxylic acid groups (broad SMARTS) is 3. The number of sulfonamides is 1. The molecule has 19 nitrogen and oxygen atoms in total. The lowest BCUT2D eigenvalue weighted by molar-refractivity contribution is -0.170. The maximum Gasteiger partial charge on any atom is 0.336 e. The molecule has 1 atom stereocenters. The van der Waals surface area contributed by atoms with Gasteiger partial charge in [-0.2, -0.15) is 4.31 Å². The predicted octanol–water partition coefficient (Wildman–Crippen LogP) is 3.21. The largest absolute Gasteiger partial charge is 0.493 e. The van der Waals surface area contributed by atoms with Crippen molar-refractivity contribution in [2.75, 3.05) is 59.2 Å². The van der Waals surface area contributed by atoms with Crippen molar-refractivity contribution in [3.63, 3.8) is 0 Å². The summed E-state index contributed by atoms with van der Waals surface area (Å²) in [6, 6.07) is 4.75. The van der Waals surface area contributed by atoms with Gasteiger partial charge >= 0.3 is 23.9 Å². The third kappa shape index (κ3) is 13.8. The number of H-pyrrole nitrogens is 1. The highest BCUT2D eigenvalue weighted by atomic mass is 32.2. The van der Waals surface area contributed by atoms with Gasteiger partial charge in [0.15, 0.2) is 5.60 Å². The molecule has 3 heterocycles. The molecule has 334 valence electrons. The van der Waals surface area contributed by atoms with Crippen LogP contribution in [0.3, 0.4) is 0 Å². The number of aromatic nitrogens is 3. The van der Waals surface area contributed by atoms with E-state index >= 15 is 0 Å². The van der Waals surface area contributed by atoms with Gasteiger partial charge in [0.2, 0.25) is 10.0 Å². The second-order valence-electron chi connectivity index (χ2n) is 14.6. The van der Waals surface area contributed by atoms with E-state index < -0.39 is 46.4 Å². The molecular weight excluding hydrogens is 807 g/mol. The standard InChI is InChI=1S/C34H51N5O7S.C6H8O7/c1-6-10-26-23-38(9-4)32-31(26)35-33(36-34(32)41)28-22-27(11-12-29(28)45-19-7-2)47(42,43)39-16-14-37(15-17-39)18-21-46-30(40)13-20-44-24-25(5)8-3;7-3(8)1-6(13,5(11)12)2-4(9)10/h11-12,22-23,25H,6-10,13-21,24H2,1-5H3,(H,35,36,41);13H,1-2H2,(H,7,8)(H,9,10)(H,11,12)/t25-;/m1./s1. The number of aliphatic carboxylic acids is 3. The smallest absolute Gasteiger partial charge is 0.336 e. The number of fused-ring (bicyclic) bond motifs is 1. The van der Waals surface area contributed by atoms with Crippen molar-refractivity contribution in [1.82, 2.24) is 23.7 Å². The molecular formula is C40H59N5O14S. The number of nitrogens with one attached hydrogen (secondary N) is 1. The van der Waals surface area contributed by atoms with Gasteiger partial charge in [-0.15, -0.1) is 0 Å². The van der Waals surface area contributed by atoms with E-state index in [-0.39, 0.29) is 35.3 Å². The predicted molar refractivity (Wildman–Crippen MR) is 219 cm³/mol. The van der Waals surface area contributed by atoms with E-state index in [1.54, 1.807) is 18.2 Å². The number of rotatable bonds is 23. The van der Waals surface area contributed by atoms with Gasteiger partial charge in [-0.3, -0.25) is 24.1 Å². The monoisotopic (exact) mass is 865 g/mol. The summed E-state index contributed by atoms with van der Waals surface area (Å²) in [4.78, 5) is 65.8. The Morgan fingerprint density at radius 3 is 2.18 bits per heavy atom. The van der Waals surface area contributed by atoms with E-state index in [1.165, 1.54) is 4.31 Å². The number of ether oxygens (including phenoxy) is 3. The zero-order valence-electron chi connectivity index (χ0n) is 35.0. The second kappa shape index (κ2) is 23.2. The van der Waals surface area contributed by atoms with Gasteiger partial charge in [0.1, 0.15) is 23.7 Å². The number of hydrogen-bond acceptors (Lipinski definition) is 13. The minimum Gasteiger partial charge on any atom is -0.493 e. The lowest BCUT2D eigenvalue weighted by Crippen LogP contribution is -2.49. The Kier molecular flexibility index (Phi) is 19.1. The Morgan fingerprint density at radius 2 is 1.62 bits per heavy atom. The first-order valence-corrected chi connectivity index (χ1v) is 21.6. The Hall–Kier alpha value is -4.89. The van der Waals surface area contributed by atoms with Gasteiger partial charge in [-0.25, -0.2) is 18.2 Å². The van der Waals surface area contributed by atoms with Crippen molar-refractivity contribution in [3.8, 4) is 17.1 Å². The summed E-state index contributed by atoms with van der Waals surface area (Å²) in [6.07, 6.45) is 3.37. The van der Waals surface area contributed by atoms with E-state index in [0.717, 1.165) is 31.2 Å². The highest BCUT2D eigenvalue weighted by Gasteiger charge is 2.41. The number of aryl methyl sites for hydroxylation is 2. The molecule has 0 saturated carbocycles. The molecule has 1 aromatic carbocycles. The Balaban J connectivity index is 0.000000636.